The van der Waals surface area contributed by atoms with Crippen molar-refractivity contribution in [2.75, 3.05) is 5.75 Å². The fourth-order valence-corrected chi connectivity index (χ4v) is 6.63. The number of nitrogens with one attached hydrogen (secondary N) is 1. The Labute approximate surface area is 308 Å². The van der Waals surface area contributed by atoms with Gasteiger partial charge in [-0.05, 0) is 70.6 Å². The molecule has 4 N–H and O–H groups in total. The van der Waals surface area contributed by atoms with Crippen LogP contribution in [0.25, 0.3) is 0 Å². The van der Waals surface area contributed by atoms with Gasteiger partial charge in [-0.1, -0.05) is 165 Å². The number of carbonyl (C=O) groups is 1. The third-order valence-electron chi connectivity index (χ3n) is 9.06. The van der Waals surface area contributed by atoms with Gasteiger partial charge < -0.3 is 15.5 Å². The van der Waals surface area contributed by atoms with Crippen molar-refractivity contribution in [1.82, 2.24) is 5.32 Å². The topological polar surface area (TPSA) is 124 Å². The van der Waals surface area contributed by atoms with Gasteiger partial charge in [-0.2, -0.15) is 8.42 Å². The Hall–Kier alpha value is -1.74. The van der Waals surface area contributed by atoms with Gasteiger partial charge >= 0.3 is 0 Å². The molecule has 0 heterocycles. The highest BCUT2D eigenvalue weighted by atomic mass is 32.2. The third-order valence-corrected chi connectivity index (χ3v) is 9.84. The lowest BCUT2D eigenvalue weighted by molar-refractivity contribution is -0.130. The fourth-order valence-electron chi connectivity index (χ4n) is 5.89. The summed E-state index contributed by atoms with van der Waals surface area (Å²) < 4.78 is 32.5. The molecule has 0 aliphatic carbocycles. The Balaban J connectivity index is 4.15. The molecule has 0 aromatic heterocycles. The van der Waals surface area contributed by atoms with Gasteiger partial charge in [0.05, 0.1) is 17.9 Å². The van der Waals surface area contributed by atoms with E-state index in [2.05, 4.69) is 55.6 Å². The number of hydrogen-bond donors (Lipinski definition) is 4. The van der Waals surface area contributed by atoms with Crippen LogP contribution in [-0.4, -0.2) is 53.1 Å². The van der Waals surface area contributed by atoms with E-state index in [9.17, 15) is 28.0 Å². The quantitative estimate of drug-likeness (QED) is 0.0290. The zero-order chi connectivity index (χ0) is 37.0. The van der Waals surface area contributed by atoms with Gasteiger partial charge in [0.15, 0.2) is 0 Å². The van der Waals surface area contributed by atoms with Crippen molar-refractivity contribution < 1.29 is 28.0 Å². The van der Waals surface area contributed by atoms with E-state index < -0.39 is 40.0 Å². The van der Waals surface area contributed by atoms with Crippen LogP contribution in [0.2, 0.25) is 0 Å². The first kappa shape index (κ1) is 48.3. The summed E-state index contributed by atoms with van der Waals surface area (Å²) in [6.45, 7) is 4.49. The smallest absolute Gasteiger partial charge is 0.267 e. The first-order valence-corrected chi connectivity index (χ1v) is 22.1. The molecular weight excluding hydrogens is 647 g/mol. The highest BCUT2D eigenvalue weighted by Gasteiger charge is 2.27. The summed E-state index contributed by atoms with van der Waals surface area (Å²) in [5.41, 5.74) is 0. The molecule has 292 valence electrons. The number of allylic oxidation sites excluding steroid dienone is 7. The number of amides is 1. The van der Waals surface area contributed by atoms with Crippen molar-refractivity contribution >= 4 is 16.0 Å². The number of unbranched alkanes of at least 4 members (excludes halogenated alkanes) is 21. The molecule has 1 amide bonds. The maximum atomic E-state index is 12.6. The molecule has 0 bridgehead atoms. The van der Waals surface area contributed by atoms with E-state index in [-0.39, 0.29) is 6.42 Å². The molecule has 50 heavy (non-hydrogen) atoms. The second-order valence-corrected chi connectivity index (χ2v) is 15.5. The second kappa shape index (κ2) is 35.7. The summed E-state index contributed by atoms with van der Waals surface area (Å²) in [5, 5.41) is 23.3. The van der Waals surface area contributed by atoms with Crippen LogP contribution in [0, 0.1) is 0 Å². The van der Waals surface area contributed by atoms with Gasteiger partial charge in [0.1, 0.15) is 6.10 Å². The molecule has 0 rings (SSSR count). The van der Waals surface area contributed by atoms with Crippen LogP contribution in [-0.2, 0) is 14.9 Å². The molecule has 0 aromatic carbocycles. The first-order chi connectivity index (χ1) is 24.2. The van der Waals surface area contributed by atoms with Crippen molar-refractivity contribution in [3.8, 4) is 0 Å². The minimum absolute atomic E-state index is 0.262. The van der Waals surface area contributed by atoms with E-state index in [0.29, 0.717) is 12.8 Å². The molecule has 0 aliphatic rings. The molecule has 8 heteroatoms. The molecule has 0 aliphatic heterocycles. The molecule has 3 unspecified atom stereocenters. The average Bonchev–Trinajstić information content (AvgIpc) is 3.08. The van der Waals surface area contributed by atoms with Crippen LogP contribution in [0.4, 0.5) is 0 Å². The molecular formula is C42H77NO6S. The summed E-state index contributed by atoms with van der Waals surface area (Å²) in [5.74, 6) is -1.57. The summed E-state index contributed by atoms with van der Waals surface area (Å²) in [7, 11) is -4.46. The lowest BCUT2D eigenvalue weighted by Gasteiger charge is -2.22. The number of carbonyl (C=O) groups excluding carboxylic acids is 1. The predicted molar refractivity (Wildman–Crippen MR) is 213 cm³/mol. The van der Waals surface area contributed by atoms with E-state index in [1.54, 1.807) is 6.08 Å². The fraction of sp³-hybridized carbons (Fsp3) is 0.786. The van der Waals surface area contributed by atoms with E-state index >= 15 is 0 Å². The molecule has 0 saturated carbocycles. The van der Waals surface area contributed by atoms with Gasteiger partial charge in [0.25, 0.3) is 10.1 Å². The van der Waals surface area contributed by atoms with Crippen LogP contribution < -0.4 is 5.32 Å². The maximum Gasteiger partial charge on any atom is 0.267 e. The van der Waals surface area contributed by atoms with Crippen LogP contribution >= 0.6 is 0 Å². The van der Waals surface area contributed by atoms with E-state index in [1.807, 2.05) is 0 Å². The van der Waals surface area contributed by atoms with Crippen LogP contribution in [0.15, 0.2) is 48.6 Å². The minimum atomic E-state index is -4.46. The largest absolute Gasteiger partial charge is 0.387 e. The summed E-state index contributed by atoms with van der Waals surface area (Å²) in [6, 6.07) is -1.26. The Morgan fingerprint density at radius 2 is 0.900 bits per heavy atom. The standard InChI is InChI=1S/C42H77NO6S/c1-3-5-7-9-11-13-15-17-19-20-21-22-23-25-26-28-30-32-34-36-40(44)39(38-50(47,48)49)43-42(46)41(45)37-35-33-31-29-27-24-18-16-14-12-10-8-6-4-2/h14,16,21-22,26,28,34,36,39-41,44-45H,3-13,15,17-20,23-25,27,29-33,35,37-38H2,1-2H3,(H,43,46)(H,47,48,49)/b16-14-,22-21+,28-26+,36-34+. The van der Waals surface area contributed by atoms with Crippen molar-refractivity contribution in [2.24, 2.45) is 0 Å². The minimum Gasteiger partial charge on any atom is -0.387 e. The van der Waals surface area contributed by atoms with E-state index in [1.165, 1.54) is 109 Å². The van der Waals surface area contributed by atoms with Crippen LogP contribution in [0.5, 0.6) is 0 Å². The molecule has 0 fully saturated rings. The predicted octanol–water partition coefficient (Wildman–Crippen LogP) is 10.9. The Morgan fingerprint density at radius 3 is 1.34 bits per heavy atom. The van der Waals surface area contributed by atoms with Crippen molar-refractivity contribution in [3.05, 3.63) is 48.6 Å². The van der Waals surface area contributed by atoms with Crippen LogP contribution in [0.1, 0.15) is 187 Å². The van der Waals surface area contributed by atoms with Crippen LogP contribution in [0.3, 0.4) is 0 Å². The number of hydrogen-bond acceptors (Lipinski definition) is 5. The van der Waals surface area contributed by atoms with E-state index in [4.69, 9.17) is 0 Å². The normalized spacial score (nSPS) is 14.4. The average molecular weight is 724 g/mol. The molecule has 7 nitrogen and oxygen atoms in total. The van der Waals surface area contributed by atoms with Crippen molar-refractivity contribution in [1.29, 1.82) is 0 Å². The summed E-state index contributed by atoms with van der Waals surface area (Å²) >= 11 is 0. The van der Waals surface area contributed by atoms with Gasteiger partial charge in [0.2, 0.25) is 5.91 Å². The van der Waals surface area contributed by atoms with Gasteiger partial charge in [-0.15, -0.1) is 0 Å². The summed E-state index contributed by atoms with van der Waals surface area (Å²) in [4.78, 5) is 12.6. The number of aliphatic hydroxyl groups excluding tert-OH is 2. The van der Waals surface area contributed by atoms with Gasteiger partial charge in [-0.25, -0.2) is 0 Å². The van der Waals surface area contributed by atoms with Gasteiger partial charge in [0, 0.05) is 0 Å². The molecule has 0 aromatic rings. The summed E-state index contributed by atoms with van der Waals surface area (Å²) in [6.07, 6.45) is 44.5. The lowest BCUT2D eigenvalue weighted by atomic mass is 10.0. The SMILES string of the molecule is CCCCCC/C=C\CCCCCCCCC(O)C(=O)NC(CS(=O)(=O)O)C(O)/C=C/CC/C=C/CC/C=C/CCCCCCCCCCC. The number of aliphatic hydroxyl groups is 2. The molecule has 0 radical (unpaired) electrons. The molecule has 3 atom stereocenters. The zero-order valence-corrected chi connectivity index (χ0v) is 32.9. The van der Waals surface area contributed by atoms with Crippen molar-refractivity contribution in [3.63, 3.8) is 0 Å². The Bertz CT molecular complexity index is 990. The highest BCUT2D eigenvalue weighted by Crippen LogP contribution is 2.13. The first-order valence-electron chi connectivity index (χ1n) is 20.4. The number of rotatable bonds is 36. The monoisotopic (exact) mass is 724 g/mol. The highest BCUT2D eigenvalue weighted by molar-refractivity contribution is 7.85. The maximum absolute atomic E-state index is 12.6. The van der Waals surface area contributed by atoms with Gasteiger partial charge in [-0.3, -0.25) is 9.35 Å². The Kier molecular flexibility index (Phi) is 34.4. The molecule has 0 saturated heterocycles. The lowest BCUT2D eigenvalue weighted by Crippen LogP contribution is -2.50. The van der Waals surface area contributed by atoms with E-state index in [0.717, 1.165) is 51.4 Å². The zero-order valence-electron chi connectivity index (χ0n) is 32.1. The molecule has 0 spiro atoms. The third kappa shape index (κ3) is 34.7. The van der Waals surface area contributed by atoms with Crippen molar-refractivity contribution in [2.45, 2.75) is 205 Å². The second-order valence-electron chi connectivity index (χ2n) is 14.0. The Morgan fingerprint density at radius 1 is 0.540 bits per heavy atom.